The zero-order valence-corrected chi connectivity index (χ0v) is 8.32. The van der Waals surface area contributed by atoms with Crippen LogP contribution in [0.4, 0.5) is 0 Å². The minimum absolute atomic E-state index is 0.0409. The lowest BCUT2D eigenvalue weighted by molar-refractivity contribution is -0.419. The van der Waals surface area contributed by atoms with Crippen LogP contribution in [-0.2, 0) is 0 Å². The molecular weight excluding hydrogens is 271 g/mol. The molecule has 0 saturated heterocycles. The predicted octanol–water partition coefficient (Wildman–Crippen LogP) is 1.71. The van der Waals surface area contributed by atoms with Crippen molar-refractivity contribution in [1.82, 2.24) is 0 Å². The standard InChI is InChI=1S/C7H7IN2O2/c8-5-1-2-7(10(11)12)4-6(9)3-5/h1-2,4H,3,9H2. The van der Waals surface area contributed by atoms with Crippen molar-refractivity contribution in [3.05, 3.63) is 43.3 Å². The molecule has 0 fully saturated rings. The Morgan fingerprint density at radius 3 is 2.83 bits per heavy atom. The summed E-state index contributed by atoms with van der Waals surface area (Å²) in [6.07, 6.45) is 5.15. The summed E-state index contributed by atoms with van der Waals surface area (Å²) in [6.45, 7) is 0. The lowest BCUT2D eigenvalue weighted by Crippen LogP contribution is -2.00. The van der Waals surface area contributed by atoms with Gasteiger partial charge in [0.05, 0.1) is 4.92 Å². The molecule has 1 rings (SSSR count). The lowest BCUT2D eigenvalue weighted by Gasteiger charge is -1.95. The molecule has 0 bridgehead atoms. The van der Waals surface area contributed by atoms with Crippen LogP contribution in [0.5, 0.6) is 0 Å². The quantitative estimate of drug-likeness (QED) is 0.451. The first kappa shape index (κ1) is 9.24. The third kappa shape index (κ3) is 2.33. The van der Waals surface area contributed by atoms with E-state index < -0.39 is 4.92 Å². The Balaban J connectivity index is 3.01. The van der Waals surface area contributed by atoms with Gasteiger partial charge in [0, 0.05) is 24.3 Å². The molecule has 0 aromatic rings. The molecule has 0 atom stereocenters. The van der Waals surface area contributed by atoms with Crippen molar-refractivity contribution in [1.29, 1.82) is 0 Å². The molecule has 4 nitrogen and oxygen atoms in total. The number of nitrogens with two attached hydrogens (primary N) is 1. The normalized spacial score (nSPS) is 17.2. The zero-order chi connectivity index (χ0) is 9.14. The van der Waals surface area contributed by atoms with E-state index in [0.717, 1.165) is 3.58 Å². The molecule has 64 valence electrons. The Hall–Kier alpha value is -0.850. The van der Waals surface area contributed by atoms with E-state index in [2.05, 4.69) is 22.6 Å². The molecule has 0 aromatic heterocycles. The molecule has 5 heteroatoms. The van der Waals surface area contributed by atoms with Gasteiger partial charge in [-0.1, -0.05) is 0 Å². The van der Waals surface area contributed by atoms with Crippen molar-refractivity contribution in [2.75, 3.05) is 0 Å². The number of allylic oxidation sites excluding steroid dienone is 4. The van der Waals surface area contributed by atoms with Gasteiger partial charge in [0.15, 0.2) is 0 Å². The van der Waals surface area contributed by atoms with E-state index >= 15 is 0 Å². The first-order valence-corrected chi connectivity index (χ1v) is 4.34. The second-order valence-corrected chi connectivity index (χ2v) is 3.74. The van der Waals surface area contributed by atoms with Crippen LogP contribution in [0, 0.1) is 10.1 Å². The van der Waals surface area contributed by atoms with Gasteiger partial charge in [0.1, 0.15) is 0 Å². The van der Waals surface area contributed by atoms with E-state index in [1.807, 2.05) is 0 Å². The Bertz CT molecular complexity index is 305. The van der Waals surface area contributed by atoms with Crippen LogP contribution in [-0.4, -0.2) is 4.92 Å². The van der Waals surface area contributed by atoms with Crippen LogP contribution in [0.3, 0.4) is 0 Å². The van der Waals surface area contributed by atoms with E-state index in [-0.39, 0.29) is 5.70 Å². The fourth-order valence-electron chi connectivity index (χ4n) is 0.832. The first-order valence-electron chi connectivity index (χ1n) is 3.26. The zero-order valence-electron chi connectivity index (χ0n) is 6.16. The lowest BCUT2D eigenvalue weighted by atomic mass is 10.3. The molecule has 0 radical (unpaired) electrons. The topological polar surface area (TPSA) is 69.2 Å². The van der Waals surface area contributed by atoms with Gasteiger partial charge < -0.3 is 5.73 Å². The van der Waals surface area contributed by atoms with Gasteiger partial charge in [-0.05, 0) is 32.2 Å². The maximum atomic E-state index is 10.4. The van der Waals surface area contributed by atoms with Crippen molar-refractivity contribution in [3.63, 3.8) is 0 Å². The van der Waals surface area contributed by atoms with E-state index in [0.29, 0.717) is 12.1 Å². The number of hydrogen-bond donors (Lipinski definition) is 1. The van der Waals surface area contributed by atoms with Crippen LogP contribution in [0.2, 0.25) is 0 Å². The summed E-state index contributed by atoms with van der Waals surface area (Å²) in [4.78, 5) is 9.92. The van der Waals surface area contributed by atoms with Crippen LogP contribution in [0.1, 0.15) is 6.42 Å². The van der Waals surface area contributed by atoms with E-state index in [9.17, 15) is 10.1 Å². The fraction of sp³-hybridized carbons (Fsp3) is 0.143. The largest absolute Gasteiger partial charge is 0.402 e. The van der Waals surface area contributed by atoms with E-state index in [1.54, 1.807) is 6.08 Å². The second-order valence-electron chi connectivity index (χ2n) is 2.36. The van der Waals surface area contributed by atoms with E-state index in [1.165, 1.54) is 12.2 Å². The van der Waals surface area contributed by atoms with Gasteiger partial charge in [0.2, 0.25) is 0 Å². The summed E-state index contributed by atoms with van der Waals surface area (Å²) in [5, 5.41) is 10.4. The minimum atomic E-state index is -0.446. The van der Waals surface area contributed by atoms with Gasteiger partial charge >= 0.3 is 0 Å². The van der Waals surface area contributed by atoms with E-state index in [4.69, 9.17) is 5.73 Å². The van der Waals surface area contributed by atoms with Crippen molar-refractivity contribution < 1.29 is 4.92 Å². The highest BCUT2D eigenvalue weighted by Gasteiger charge is 2.10. The molecule has 12 heavy (non-hydrogen) atoms. The molecule has 0 spiro atoms. The third-order valence-electron chi connectivity index (χ3n) is 1.35. The van der Waals surface area contributed by atoms with Crippen molar-refractivity contribution in [2.24, 2.45) is 5.73 Å². The molecule has 1 aliphatic rings. The van der Waals surface area contributed by atoms with Crippen molar-refractivity contribution in [2.45, 2.75) is 6.42 Å². The molecule has 0 saturated carbocycles. The molecule has 0 aromatic carbocycles. The summed E-state index contributed by atoms with van der Waals surface area (Å²) in [5.41, 5.74) is 6.09. The molecule has 2 N–H and O–H groups in total. The summed E-state index contributed by atoms with van der Waals surface area (Å²) < 4.78 is 0.998. The van der Waals surface area contributed by atoms with Gasteiger partial charge in [-0.3, -0.25) is 10.1 Å². The summed E-state index contributed by atoms with van der Waals surface area (Å²) in [7, 11) is 0. The van der Waals surface area contributed by atoms with Gasteiger partial charge in [-0.15, -0.1) is 0 Å². The first-order chi connectivity index (χ1) is 5.59. The monoisotopic (exact) mass is 278 g/mol. The molecular formula is C7H7IN2O2. The summed E-state index contributed by atoms with van der Waals surface area (Å²) >= 11 is 2.10. The number of halogens is 1. The Morgan fingerprint density at radius 1 is 1.58 bits per heavy atom. The van der Waals surface area contributed by atoms with Gasteiger partial charge in [-0.2, -0.15) is 0 Å². The van der Waals surface area contributed by atoms with Crippen molar-refractivity contribution >= 4 is 22.6 Å². The molecule has 0 heterocycles. The van der Waals surface area contributed by atoms with Crippen LogP contribution in [0.15, 0.2) is 33.2 Å². The minimum Gasteiger partial charge on any atom is -0.402 e. The Labute approximate surface area is 83.1 Å². The van der Waals surface area contributed by atoms with Crippen LogP contribution in [0.25, 0.3) is 0 Å². The average Bonchev–Trinajstić information content (AvgIpc) is 2.11. The number of hydrogen-bond acceptors (Lipinski definition) is 3. The highest BCUT2D eigenvalue weighted by Crippen LogP contribution is 2.19. The summed E-state index contributed by atoms with van der Waals surface area (Å²) in [6, 6.07) is 0. The predicted molar refractivity (Wildman–Crippen MR) is 54.1 cm³/mol. The van der Waals surface area contributed by atoms with Crippen molar-refractivity contribution in [3.8, 4) is 0 Å². The maximum Gasteiger partial charge on any atom is 0.271 e. The van der Waals surface area contributed by atoms with Gasteiger partial charge in [-0.25, -0.2) is 0 Å². The maximum absolute atomic E-state index is 10.4. The second kappa shape index (κ2) is 3.70. The fourth-order valence-corrected chi connectivity index (χ4v) is 1.45. The SMILES string of the molecule is NC1=CC([N+](=O)[O-])=CC=C(I)C1. The van der Waals surface area contributed by atoms with Crippen LogP contribution < -0.4 is 5.73 Å². The molecule has 0 unspecified atom stereocenters. The summed E-state index contributed by atoms with van der Waals surface area (Å²) in [5.74, 6) is 0. The highest BCUT2D eigenvalue weighted by molar-refractivity contribution is 14.1. The smallest absolute Gasteiger partial charge is 0.271 e. The number of rotatable bonds is 1. The highest BCUT2D eigenvalue weighted by atomic mass is 127. The molecule has 0 amide bonds. The Morgan fingerprint density at radius 2 is 2.25 bits per heavy atom. The van der Waals surface area contributed by atoms with Crippen LogP contribution >= 0.6 is 22.6 Å². The molecule has 0 aliphatic heterocycles. The third-order valence-corrected chi connectivity index (χ3v) is 2.09. The molecule has 1 aliphatic carbocycles. The average molecular weight is 278 g/mol. The Kier molecular flexibility index (Phi) is 2.85. The van der Waals surface area contributed by atoms with Gasteiger partial charge in [0.25, 0.3) is 5.70 Å². The number of nitrogens with zero attached hydrogens (tertiary/aromatic N) is 1. The number of nitro groups is 1.